The lowest BCUT2D eigenvalue weighted by atomic mass is 10.2. The van der Waals surface area contributed by atoms with Crippen LogP contribution in [0.3, 0.4) is 0 Å². The van der Waals surface area contributed by atoms with Gasteiger partial charge in [0.1, 0.15) is 0 Å². The van der Waals surface area contributed by atoms with Crippen molar-refractivity contribution in [1.29, 1.82) is 0 Å². The smallest absolute Gasteiger partial charge is 0.161 e. The third-order valence-electron chi connectivity index (χ3n) is 4.92. The minimum atomic E-state index is 0.299. The van der Waals surface area contributed by atoms with E-state index < -0.39 is 0 Å². The number of hydrogen-bond acceptors (Lipinski definition) is 5. The van der Waals surface area contributed by atoms with Gasteiger partial charge >= 0.3 is 0 Å². The van der Waals surface area contributed by atoms with Crippen LogP contribution in [-0.4, -0.2) is 57.0 Å². The van der Waals surface area contributed by atoms with Gasteiger partial charge in [0, 0.05) is 32.2 Å². The highest BCUT2D eigenvalue weighted by Crippen LogP contribution is 2.29. The number of unbranched alkanes of at least 4 members (excludes halogenated alkanes) is 1. The van der Waals surface area contributed by atoms with Crippen molar-refractivity contribution in [2.75, 3.05) is 40.0 Å². The maximum absolute atomic E-state index is 5.90. The Morgan fingerprint density at radius 2 is 2.16 bits per heavy atom. The van der Waals surface area contributed by atoms with Crippen LogP contribution in [0.4, 0.5) is 0 Å². The van der Waals surface area contributed by atoms with Gasteiger partial charge in [0.05, 0.1) is 26.4 Å². The summed E-state index contributed by atoms with van der Waals surface area (Å²) >= 11 is 0. The first-order valence-electron chi connectivity index (χ1n) is 9.66. The second-order valence-corrected chi connectivity index (χ2v) is 7.04. The van der Waals surface area contributed by atoms with Gasteiger partial charge in [-0.25, -0.2) is 0 Å². The van der Waals surface area contributed by atoms with Crippen molar-refractivity contribution in [2.24, 2.45) is 0 Å². The van der Waals surface area contributed by atoms with Crippen LogP contribution in [0.25, 0.3) is 0 Å². The number of morpholine rings is 1. The van der Waals surface area contributed by atoms with Crippen LogP contribution in [0, 0.1) is 0 Å². The molecule has 1 saturated heterocycles. The third kappa shape index (κ3) is 5.59. The normalized spacial score (nSPS) is 21.3. The van der Waals surface area contributed by atoms with E-state index >= 15 is 0 Å². The van der Waals surface area contributed by atoms with E-state index in [1.807, 2.05) is 6.07 Å². The molecule has 140 valence electrons. The van der Waals surface area contributed by atoms with Crippen molar-refractivity contribution >= 4 is 0 Å². The highest BCUT2D eigenvalue weighted by molar-refractivity contribution is 5.42. The summed E-state index contributed by atoms with van der Waals surface area (Å²) in [6.07, 6.45) is 5.22. The molecule has 3 rings (SSSR count). The molecular weight excluding hydrogens is 316 g/mol. The van der Waals surface area contributed by atoms with Crippen molar-refractivity contribution in [3.05, 3.63) is 23.8 Å². The van der Waals surface area contributed by atoms with E-state index in [1.165, 1.54) is 18.4 Å². The van der Waals surface area contributed by atoms with Crippen molar-refractivity contribution in [3.8, 4) is 11.5 Å². The fourth-order valence-corrected chi connectivity index (χ4v) is 3.28. The molecule has 5 nitrogen and oxygen atoms in total. The van der Waals surface area contributed by atoms with Gasteiger partial charge in [-0.2, -0.15) is 0 Å². The molecule has 25 heavy (non-hydrogen) atoms. The summed E-state index contributed by atoms with van der Waals surface area (Å²) in [4.78, 5) is 2.59. The molecule has 1 saturated carbocycles. The van der Waals surface area contributed by atoms with Gasteiger partial charge in [0.2, 0.25) is 0 Å². The first-order chi connectivity index (χ1) is 12.3. The number of methoxy groups -OCH3 is 1. The van der Waals surface area contributed by atoms with Crippen LogP contribution >= 0.6 is 0 Å². The lowest BCUT2D eigenvalue weighted by molar-refractivity contribution is -0.0301. The van der Waals surface area contributed by atoms with E-state index in [0.29, 0.717) is 6.10 Å². The lowest BCUT2D eigenvalue weighted by Gasteiger charge is -2.33. The highest BCUT2D eigenvalue weighted by Gasteiger charge is 2.32. The molecule has 0 amide bonds. The van der Waals surface area contributed by atoms with Crippen molar-refractivity contribution in [3.63, 3.8) is 0 Å². The molecule has 1 atom stereocenters. The average Bonchev–Trinajstić information content (AvgIpc) is 3.48. The second kappa shape index (κ2) is 9.41. The summed E-state index contributed by atoms with van der Waals surface area (Å²) in [7, 11) is 1.69. The van der Waals surface area contributed by atoms with Gasteiger partial charge in [-0.05, 0) is 37.0 Å². The van der Waals surface area contributed by atoms with Gasteiger partial charge in [-0.1, -0.05) is 19.4 Å². The van der Waals surface area contributed by atoms with Crippen LogP contribution in [0.2, 0.25) is 0 Å². The zero-order valence-corrected chi connectivity index (χ0v) is 15.6. The molecule has 2 fully saturated rings. The van der Waals surface area contributed by atoms with Crippen molar-refractivity contribution in [2.45, 2.75) is 51.3 Å². The Morgan fingerprint density at radius 1 is 1.28 bits per heavy atom. The Morgan fingerprint density at radius 3 is 2.92 bits per heavy atom. The molecule has 1 aromatic rings. The van der Waals surface area contributed by atoms with E-state index in [2.05, 4.69) is 29.3 Å². The summed E-state index contributed by atoms with van der Waals surface area (Å²) in [6.45, 7) is 7.62. The Kier molecular flexibility index (Phi) is 6.96. The zero-order valence-electron chi connectivity index (χ0n) is 15.6. The van der Waals surface area contributed by atoms with Crippen LogP contribution in [-0.2, 0) is 11.3 Å². The molecule has 1 aromatic carbocycles. The number of nitrogens with one attached hydrogen (secondary N) is 1. The van der Waals surface area contributed by atoms with Gasteiger partial charge < -0.3 is 19.5 Å². The van der Waals surface area contributed by atoms with Crippen LogP contribution in [0.15, 0.2) is 18.2 Å². The predicted octanol–water partition coefficient (Wildman–Crippen LogP) is 2.83. The Balaban J connectivity index is 1.46. The third-order valence-corrected chi connectivity index (χ3v) is 4.92. The second-order valence-electron chi connectivity index (χ2n) is 7.04. The quantitative estimate of drug-likeness (QED) is 0.659. The van der Waals surface area contributed by atoms with E-state index in [9.17, 15) is 0 Å². The summed E-state index contributed by atoms with van der Waals surface area (Å²) in [6, 6.07) is 7.00. The Labute approximate surface area is 151 Å². The highest BCUT2D eigenvalue weighted by atomic mass is 16.5. The number of ether oxygens (including phenoxy) is 3. The van der Waals surface area contributed by atoms with Crippen molar-refractivity contribution in [1.82, 2.24) is 10.2 Å². The SMILES string of the molecule is CCCCOc1cc(CNCC2CN(C3CC3)CCO2)ccc1OC. The largest absolute Gasteiger partial charge is 0.493 e. The molecule has 1 heterocycles. The lowest BCUT2D eigenvalue weighted by Crippen LogP contribution is -2.47. The molecule has 0 spiro atoms. The molecule has 1 aliphatic carbocycles. The van der Waals surface area contributed by atoms with Gasteiger partial charge in [0.15, 0.2) is 11.5 Å². The molecule has 1 unspecified atom stereocenters. The Hall–Kier alpha value is -1.30. The van der Waals surface area contributed by atoms with Crippen LogP contribution in [0.5, 0.6) is 11.5 Å². The van der Waals surface area contributed by atoms with Gasteiger partial charge in [-0.3, -0.25) is 4.90 Å². The molecule has 0 radical (unpaired) electrons. The van der Waals surface area contributed by atoms with Crippen molar-refractivity contribution < 1.29 is 14.2 Å². The fourth-order valence-electron chi connectivity index (χ4n) is 3.28. The summed E-state index contributed by atoms with van der Waals surface area (Å²) in [5.74, 6) is 1.64. The van der Waals surface area contributed by atoms with E-state index in [4.69, 9.17) is 14.2 Å². The van der Waals surface area contributed by atoms with E-state index in [-0.39, 0.29) is 0 Å². The van der Waals surface area contributed by atoms with Gasteiger partial charge in [-0.15, -0.1) is 0 Å². The molecule has 2 aliphatic rings. The van der Waals surface area contributed by atoms with Gasteiger partial charge in [0.25, 0.3) is 0 Å². The topological polar surface area (TPSA) is 43.0 Å². The first-order valence-corrected chi connectivity index (χ1v) is 9.66. The van der Waals surface area contributed by atoms with Crippen LogP contribution < -0.4 is 14.8 Å². The summed E-state index contributed by atoms with van der Waals surface area (Å²) in [5, 5.41) is 3.54. The Bertz CT molecular complexity index is 534. The molecule has 1 N–H and O–H groups in total. The standard InChI is InChI=1S/C20H32N2O3/c1-3-4-10-25-20-12-16(5-8-19(20)23-2)13-21-14-18-15-22(9-11-24-18)17-6-7-17/h5,8,12,17-18,21H,3-4,6-7,9-11,13-15H2,1-2H3. The maximum atomic E-state index is 5.90. The molecule has 1 aliphatic heterocycles. The minimum absolute atomic E-state index is 0.299. The zero-order chi connectivity index (χ0) is 17.5. The van der Waals surface area contributed by atoms with E-state index in [1.54, 1.807) is 7.11 Å². The number of benzene rings is 1. The molecular formula is C20H32N2O3. The number of rotatable bonds is 10. The number of nitrogens with zero attached hydrogens (tertiary/aromatic N) is 1. The number of hydrogen-bond donors (Lipinski definition) is 1. The van der Waals surface area contributed by atoms with E-state index in [0.717, 1.165) is 69.8 Å². The first kappa shape index (κ1) is 18.5. The average molecular weight is 348 g/mol. The fraction of sp³-hybridized carbons (Fsp3) is 0.700. The predicted molar refractivity (Wildman–Crippen MR) is 99.4 cm³/mol. The van der Waals surface area contributed by atoms with Crippen LogP contribution in [0.1, 0.15) is 38.2 Å². The molecule has 0 aromatic heterocycles. The minimum Gasteiger partial charge on any atom is -0.493 e. The molecule has 5 heteroatoms. The monoisotopic (exact) mass is 348 g/mol. The summed E-state index contributed by atoms with van der Waals surface area (Å²) < 4.78 is 17.2. The molecule has 0 bridgehead atoms. The maximum Gasteiger partial charge on any atom is 0.161 e. The summed E-state index contributed by atoms with van der Waals surface area (Å²) in [5.41, 5.74) is 1.21.